The van der Waals surface area contributed by atoms with Gasteiger partial charge in [0.15, 0.2) is 0 Å². The molecule has 1 aliphatic rings. The fourth-order valence-electron chi connectivity index (χ4n) is 1.58. The van der Waals surface area contributed by atoms with E-state index in [1.165, 1.54) is 0 Å². The van der Waals surface area contributed by atoms with Gasteiger partial charge in [-0.3, -0.25) is 4.79 Å². The molecule has 0 saturated carbocycles. The first-order chi connectivity index (χ1) is 8.58. The van der Waals surface area contributed by atoms with Crippen molar-refractivity contribution in [3.8, 4) is 0 Å². The van der Waals surface area contributed by atoms with E-state index < -0.39 is 23.6 Å². The Labute approximate surface area is 116 Å². The van der Waals surface area contributed by atoms with Crippen LogP contribution in [-0.2, 0) is 9.53 Å². The largest absolute Gasteiger partial charge is 0.366 e. The number of amides is 1. The van der Waals surface area contributed by atoms with Crippen molar-refractivity contribution in [3.05, 3.63) is 27.3 Å². The highest BCUT2D eigenvalue weighted by Gasteiger charge is 2.22. The van der Waals surface area contributed by atoms with Crippen LogP contribution in [-0.4, -0.2) is 31.7 Å². The fraction of sp³-hybridized carbons (Fsp3) is 0.364. The third-order valence-electron chi connectivity index (χ3n) is 2.47. The number of carbonyl (C=O) groups is 1. The summed E-state index contributed by atoms with van der Waals surface area (Å²) in [6, 6.07) is 2.16. The van der Waals surface area contributed by atoms with Gasteiger partial charge in [-0.05, 0) is 34.7 Å². The summed E-state index contributed by atoms with van der Waals surface area (Å²) in [5, 5.41) is 5.43. The number of hydrogen-bond donors (Lipinski definition) is 2. The highest BCUT2D eigenvalue weighted by atomic mass is 127. The molecule has 1 amide bonds. The number of nitrogens with one attached hydrogen (secondary N) is 2. The van der Waals surface area contributed by atoms with Crippen molar-refractivity contribution >= 4 is 34.2 Å². The average molecular weight is 368 g/mol. The first kappa shape index (κ1) is 13.6. The smallest absolute Gasteiger partial charge is 0.254 e. The van der Waals surface area contributed by atoms with Gasteiger partial charge in [0.25, 0.3) is 5.91 Å². The third kappa shape index (κ3) is 3.15. The van der Waals surface area contributed by atoms with Gasteiger partial charge in [0.1, 0.15) is 17.7 Å². The number of morpholine rings is 1. The Morgan fingerprint density at radius 2 is 2.11 bits per heavy atom. The van der Waals surface area contributed by atoms with Crippen molar-refractivity contribution in [2.75, 3.05) is 25.0 Å². The molecule has 1 unspecified atom stereocenters. The van der Waals surface area contributed by atoms with E-state index in [1.54, 1.807) is 22.6 Å². The predicted molar refractivity (Wildman–Crippen MR) is 70.3 cm³/mol. The minimum absolute atomic E-state index is 0.0876. The van der Waals surface area contributed by atoms with Crippen LogP contribution in [0.4, 0.5) is 14.5 Å². The van der Waals surface area contributed by atoms with Crippen LogP contribution in [0.1, 0.15) is 0 Å². The van der Waals surface area contributed by atoms with Crippen LogP contribution < -0.4 is 10.6 Å². The molecule has 98 valence electrons. The van der Waals surface area contributed by atoms with E-state index in [0.717, 1.165) is 12.1 Å². The molecule has 1 saturated heterocycles. The quantitative estimate of drug-likeness (QED) is 0.615. The summed E-state index contributed by atoms with van der Waals surface area (Å²) < 4.78 is 31.7. The number of benzene rings is 1. The van der Waals surface area contributed by atoms with Crippen LogP contribution in [0.25, 0.3) is 0 Å². The van der Waals surface area contributed by atoms with Crippen LogP contribution in [0.15, 0.2) is 12.1 Å². The number of rotatable bonds is 2. The topological polar surface area (TPSA) is 50.4 Å². The summed E-state index contributed by atoms with van der Waals surface area (Å²) in [6.45, 7) is 1.52. The SMILES string of the molecule is O=C(Nc1cc(F)c(I)c(F)c1)C1CNCCO1. The van der Waals surface area contributed by atoms with Crippen LogP contribution >= 0.6 is 22.6 Å². The van der Waals surface area contributed by atoms with E-state index in [-0.39, 0.29) is 9.26 Å². The van der Waals surface area contributed by atoms with E-state index in [4.69, 9.17) is 4.74 Å². The summed E-state index contributed by atoms with van der Waals surface area (Å²) in [5.41, 5.74) is 0.0876. The highest BCUT2D eigenvalue weighted by molar-refractivity contribution is 14.1. The molecule has 0 aliphatic carbocycles. The summed E-state index contributed by atoms with van der Waals surface area (Å²) in [5.74, 6) is -1.82. The molecule has 0 spiro atoms. The lowest BCUT2D eigenvalue weighted by atomic mass is 10.2. The summed E-state index contributed by atoms with van der Waals surface area (Å²) in [7, 11) is 0. The molecular weight excluding hydrogens is 357 g/mol. The van der Waals surface area contributed by atoms with Gasteiger partial charge in [-0.25, -0.2) is 8.78 Å². The maximum Gasteiger partial charge on any atom is 0.254 e. The molecule has 1 aromatic rings. The average Bonchev–Trinajstić information content (AvgIpc) is 2.37. The zero-order valence-corrected chi connectivity index (χ0v) is 11.5. The Bertz CT molecular complexity index is 441. The van der Waals surface area contributed by atoms with Crippen LogP contribution in [0.5, 0.6) is 0 Å². The molecule has 1 fully saturated rings. The molecule has 1 aliphatic heterocycles. The third-order valence-corrected chi connectivity index (χ3v) is 3.50. The molecule has 2 rings (SSSR count). The summed E-state index contributed by atoms with van der Waals surface area (Å²) in [4.78, 5) is 11.8. The first-order valence-electron chi connectivity index (χ1n) is 5.35. The first-order valence-corrected chi connectivity index (χ1v) is 6.43. The van der Waals surface area contributed by atoms with Gasteiger partial charge in [0.05, 0.1) is 10.2 Å². The second-order valence-corrected chi connectivity index (χ2v) is 4.89. The molecule has 18 heavy (non-hydrogen) atoms. The maximum absolute atomic E-state index is 13.3. The zero-order valence-electron chi connectivity index (χ0n) is 9.30. The molecule has 1 heterocycles. The number of ether oxygens (including phenoxy) is 1. The molecule has 0 radical (unpaired) electrons. The number of hydrogen-bond acceptors (Lipinski definition) is 3. The van der Waals surface area contributed by atoms with Crippen LogP contribution in [0, 0.1) is 15.2 Å². The number of anilines is 1. The Hall–Kier alpha value is -0.800. The van der Waals surface area contributed by atoms with Crippen molar-refractivity contribution in [1.82, 2.24) is 5.32 Å². The highest BCUT2D eigenvalue weighted by Crippen LogP contribution is 2.20. The Balaban J connectivity index is 2.06. The normalized spacial score (nSPS) is 19.6. The Morgan fingerprint density at radius 3 is 2.67 bits per heavy atom. The molecule has 4 nitrogen and oxygen atoms in total. The van der Waals surface area contributed by atoms with Crippen molar-refractivity contribution < 1.29 is 18.3 Å². The van der Waals surface area contributed by atoms with Crippen molar-refractivity contribution in [1.29, 1.82) is 0 Å². The van der Waals surface area contributed by atoms with Crippen molar-refractivity contribution in [2.45, 2.75) is 6.10 Å². The Kier molecular flexibility index (Phi) is 4.46. The number of halogens is 3. The lowest BCUT2D eigenvalue weighted by Gasteiger charge is -2.22. The van der Waals surface area contributed by atoms with Gasteiger partial charge in [0, 0.05) is 18.8 Å². The van der Waals surface area contributed by atoms with E-state index in [9.17, 15) is 13.6 Å². The van der Waals surface area contributed by atoms with E-state index in [2.05, 4.69) is 10.6 Å². The second-order valence-electron chi connectivity index (χ2n) is 3.81. The van der Waals surface area contributed by atoms with Gasteiger partial charge < -0.3 is 15.4 Å². The Morgan fingerprint density at radius 1 is 1.44 bits per heavy atom. The molecule has 1 atom stereocenters. The summed E-state index contributed by atoms with van der Waals surface area (Å²) >= 11 is 1.57. The minimum Gasteiger partial charge on any atom is -0.366 e. The van der Waals surface area contributed by atoms with Crippen LogP contribution in [0.2, 0.25) is 0 Å². The maximum atomic E-state index is 13.3. The number of carbonyl (C=O) groups excluding carboxylic acids is 1. The second kappa shape index (κ2) is 5.89. The molecule has 7 heteroatoms. The standard InChI is InChI=1S/C11H11F2IN2O2/c12-7-3-6(4-8(13)10(7)14)16-11(17)9-5-15-1-2-18-9/h3-4,9,15H,1-2,5H2,(H,16,17). The van der Waals surface area contributed by atoms with Crippen molar-refractivity contribution in [3.63, 3.8) is 0 Å². The van der Waals surface area contributed by atoms with Crippen LogP contribution in [0.3, 0.4) is 0 Å². The molecule has 0 bridgehead atoms. The molecule has 1 aromatic carbocycles. The van der Waals surface area contributed by atoms with Gasteiger partial charge in [0.2, 0.25) is 0 Å². The molecular formula is C11H11F2IN2O2. The lowest BCUT2D eigenvalue weighted by molar-refractivity contribution is -0.128. The zero-order chi connectivity index (χ0) is 13.1. The minimum atomic E-state index is -0.700. The van der Waals surface area contributed by atoms with E-state index in [0.29, 0.717) is 19.7 Å². The lowest BCUT2D eigenvalue weighted by Crippen LogP contribution is -2.45. The summed E-state index contributed by atoms with van der Waals surface area (Å²) in [6.07, 6.45) is -0.635. The fourth-order valence-corrected chi connectivity index (χ4v) is 1.90. The molecule has 2 N–H and O–H groups in total. The van der Waals surface area contributed by atoms with E-state index >= 15 is 0 Å². The van der Waals surface area contributed by atoms with Gasteiger partial charge >= 0.3 is 0 Å². The van der Waals surface area contributed by atoms with Crippen molar-refractivity contribution in [2.24, 2.45) is 0 Å². The van der Waals surface area contributed by atoms with Gasteiger partial charge in [-0.15, -0.1) is 0 Å². The monoisotopic (exact) mass is 368 g/mol. The van der Waals surface area contributed by atoms with Gasteiger partial charge in [-0.1, -0.05) is 0 Å². The molecule has 0 aromatic heterocycles. The predicted octanol–water partition coefficient (Wildman–Crippen LogP) is 1.50. The van der Waals surface area contributed by atoms with Gasteiger partial charge in [-0.2, -0.15) is 0 Å². The van der Waals surface area contributed by atoms with E-state index in [1.807, 2.05) is 0 Å².